The van der Waals surface area contributed by atoms with Gasteiger partial charge in [0.1, 0.15) is 29.0 Å². The van der Waals surface area contributed by atoms with E-state index in [-0.39, 0.29) is 29.9 Å². The second-order valence-electron chi connectivity index (χ2n) is 9.67. The average molecular weight is 544 g/mol. The Morgan fingerprint density at radius 1 is 1.26 bits per heavy atom. The van der Waals surface area contributed by atoms with E-state index >= 15 is 0 Å². The zero-order valence-electron chi connectivity index (χ0n) is 23.3. The van der Waals surface area contributed by atoms with Crippen molar-refractivity contribution in [2.75, 3.05) is 37.3 Å². The van der Waals surface area contributed by atoms with Crippen LogP contribution in [0.1, 0.15) is 46.6 Å². The van der Waals surface area contributed by atoms with Gasteiger partial charge in [-0.2, -0.15) is 10.1 Å². The first-order chi connectivity index (χ1) is 18.4. The van der Waals surface area contributed by atoms with E-state index in [4.69, 9.17) is 10.3 Å². The van der Waals surface area contributed by atoms with Crippen molar-refractivity contribution in [3.05, 3.63) is 48.0 Å². The average Bonchev–Trinajstić information content (AvgIpc) is 2.88. The molecule has 0 fully saturated rings. The highest BCUT2D eigenvalue weighted by Gasteiger charge is 2.26. The molecule has 2 rings (SSSR count). The van der Waals surface area contributed by atoms with Crippen LogP contribution in [0.3, 0.4) is 0 Å². The fourth-order valence-electron chi connectivity index (χ4n) is 3.12. The molecule has 1 aromatic heterocycles. The first kappa shape index (κ1) is 30.9. The maximum atomic E-state index is 13.5. The first-order valence-electron chi connectivity index (χ1n) is 12.6. The largest absolute Gasteiger partial charge is 0.444 e. The number of anilines is 3. The molecule has 39 heavy (non-hydrogen) atoms. The molecule has 2 aromatic rings. The van der Waals surface area contributed by atoms with Crippen LogP contribution in [-0.4, -0.2) is 65.2 Å². The van der Waals surface area contributed by atoms with Crippen molar-refractivity contribution in [3.8, 4) is 0 Å². The van der Waals surface area contributed by atoms with Crippen LogP contribution in [0.2, 0.25) is 0 Å². The van der Waals surface area contributed by atoms with Gasteiger partial charge in [-0.3, -0.25) is 9.69 Å². The van der Waals surface area contributed by atoms with E-state index in [2.05, 4.69) is 36.3 Å². The van der Waals surface area contributed by atoms with Crippen LogP contribution in [0, 0.1) is 11.3 Å². The molecule has 0 unspecified atom stereocenters. The fraction of sp³-hybridized carbons (Fsp3) is 0.462. The molecule has 0 bridgehead atoms. The van der Waals surface area contributed by atoms with Gasteiger partial charge in [-0.05, 0) is 52.3 Å². The Labute approximate surface area is 228 Å². The van der Waals surface area contributed by atoms with Gasteiger partial charge in [0, 0.05) is 44.8 Å². The molecular weight excluding hydrogens is 505 g/mol. The van der Waals surface area contributed by atoms with Crippen molar-refractivity contribution in [2.45, 2.75) is 52.7 Å². The van der Waals surface area contributed by atoms with Crippen LogP contribution in [0.25, 0.3) is 5.70 Å². The lowest BCUT2D eigenvalue weighted by atomic mass is 10.2. The van der Waals surface area contributed by atoms with Crippen molar-refractivity contribution < 1.29 is 18.7 Å². The molecule has 0 radical (unpaired) electrons. The highest BCUT2D eigenvalue weighted by molar-refractivity contribution is 5.85. The number of benzene rings is 1. The number of aromatic nitrogens is 2. The molecule has 0 aliphatic heterocycles. The molecule has 1 aromatic carbocycles. The summed E-state index contributed by atoms with van der Waals surface area (Å²) < 4.78 is 18.8. The molecule has 0 saturated carbocycles. The summed E-state index contributed by atoms with van der Waals surface area (Å²) in [7, 11) is 1.51. The van der Waals surface area contributed by atoms with E-state index in [1.807, 2.05) is 6.92 Å². The summed E-state index contributed by atoms with van der Waals surface area (Å²) in [6, 6.07) is 5.23. The summed E-state index contributed by atoms with van der Waals surface area (Å²) in [5.41, 5.74) is 8.25. The van der Waals surface area contributed by atoms with E-state index in [1.165, 1.54) is 36.5 Å². The van der Waals surface area contributed by atoms with Crippen LogP contribution < -0.4 is 21.3 Å². The maximum Gasteiger partial charge on any atom is 0.410 e. The number of amides is 2. The predicted molar refractivity (Wildman–Crippen MR) is 148 cm³/mol. The second kappa shape index (κ2) is 14.6. The Balaban J connectivity index is 2.00. The van der Waals surface area contributed by atoms with Gasteiger partial charge in [-0.1, -0.05) is 13.0 Å². The van der Waals surface area contributed by atoms with Crippen molar-refractivity contribution in [2.24, 2.45) is 5.11 Å². The fourth-order valence-corrected chi connectivity index (χ4v) is 3.12. The number of rotatable bonds is 13. The molecule has 13 heteroatoms. The quantitative estimate of drug-likeness (QED) is 0.183. The van der Waals surface area contributed by atoms with Crippen LogP contribution in [0.5, 0.6) is 0 Å². The monoisotopic (exact) mass is 543 g/mol. The Kier molecular flexibility index (Phi) is 11.6. The van der Waals surface area contributed by atoms with Crippen molar-refractivity contribution in [1.82, 2.24) is 25.5 Å². The van der Waals surface area contributed by atoms with Crippen molar-refractivity contribution >= 4 is 35.2 Å². The molecule has 5 N–H and O–H groups in total. The Hall–Kier alpha value is -4.29. The van der Waals surface area contributed by atoms with Gasteiger partial charge in [0.2, 0.25) is 11.9 Å². The van der Waals surface area contributed by atoms with Gasteiger partial charge in [0.15, 0.2) is 0 Å². The number of hydrogen-bond acceptors (Lipinski definition) is 10. The number of halogens is 1. The molecule has 12 nitrogen and oxygen atoms in total. The number of hydrogen-bond donors (Lipinski definition) is 5. The minimum Gasteiger partial charge on any atom is -0.444 e. The molecule has 212 valence electrons. The van der Waals surface area contributed by atoms with Gasteiger partial charge in [-0.25, -0.2) is 19.7 Å². The maximum absolute atomic E-state index is 13.5. The van der Waals surface area contributed by atoms with Gasteiger partial charge in [-0.15, -0.1) is 0 Å². The normalized spacial score (nSPS) is 12.2. The lowest BCUT2D eigenvalue weighted by molar-refractivity contribution is -0.125. The van der Waals surface area contributed by atoms with E-state index in [9.17, 15) is 14.0 Å². The zero-order valence-corrected chi connectivity index (χ0v) is 23.3. The van der Waals surface area contributed by atoms with Crippen LogP contribution in [-0.2, 0) is 9.53 Å². The molecule has 0 aliphatic rings. The minimum atomic E-state index is -0.724. The number of nitrogens with one attached hydrogen (secondary N) is 5. The van der Waals surface area contributed by atoms with Gasteiger partial charge >= 0.3 is 6.09 Å². The Bertz CT molecular complexity index is 1170. The third-order valence-corrected chi connectivity index (χ3v) is 5.26. The number of carbonyl (C=O) groups is 2. The Morgan fingerprint density at radius 2 is 2.00 bits per heavy atom. The van der Waals surface area contributed by atoms with E-state index in [0.717, 1.165) is 6.42 Å². The summed E-state index contributed by atoms with van der Waals surface area (Å²) >= 11 is 0. The summed E-state index contributed by atoms with van der Waals surface area (Å²) in [5, 5.41) is 15.5. The number of ether oxygens (including phenoxy) is 1. The van der Waals surface area contributed by atoms with Crippen LogP contribution in [0.4, 0.5) is 26.6 Å². The standard InChI is InChI=1S/C26H38FN9O3/c1-7-11-30-22-20(15-32-24(34-22)33-19-10-8-9-18(27)14-19)21(35-28)16-29-12-13-31-23(37)17(2)36(6)25(38)39-26(3,4)5/h8-10,14-17,28-29H,7,11-13H2,1-6H3,(H,31,37)(H2,30,32,33,34)/b21-16-,35-28?/t17-/m0/s1. The van der Waals surface area contributed by atoms with E-state index in [0.29, 0.717) is 30.2 Å². The summed E-state index contributed by atoms with van der Waals surface area (Å²) in [4.78, 5) is 34.6. The lowest BCUT2D eigenvalue weighted by Gasteiger charge is -2.28. The summed E-state index contributed by atoms with van der Waals surface area (Å²) in [6.45, 7) is 10.1. The van der Waals surface area contributed by atoms with Gasteiger partial charge in [0.05, 0.1) is 5.56 Å². The molecule has 0 saturated heterocycles. The highest BCUT2D eigenvalue weighted by Crippen LogP contribution is 2.24. The third kappa shape index (κ3) is 10.2. The van der Waals surface area contributed by atoms with Crippen molar-refractivity contribution in [3.63, 3.8) is 0 Å². The van der Waals surface area contributed by atoms with Gasteiger partial charge < -0.3 is 26.0 Å². The number of nitrogens with zero attached hydrogens (tertiary/aromatic N) is 4. The lowest BCUT2D eigenvalue weighted by Crippen LogP contribution is -2.48. The second-order valence-corrected chi connectivity index (χ2v) is 9.67. The predicted octanol–water partition coefficient (Wildman–Crippen LogP) is 4.47. The molecule has 2 amide bonds. The van der Waals surface area contributed by atoms with Crippen LogP contribution >= 0.6 is 0 Å². The van der Waals surface area contributed by atoms with E-state index < -0.39 is 17.7 Å². The molecule has 0 aliphatic carbocycles. The third-order valence-electron chi connectivity index (χ3n) is 5.26. The number of carbonyl (C=O) groups excluding carboxylic acids is 2. The zero-order chi connectivity index (χ0) is 29.0. The molecule has 1 heterocycles. The number of likely N-dealkylation sites (N-methyl/N-ethyl adjacent to an activating group) is 1. The molecular formula is C26H38FN9O3. The summed E-state index contributed by atoms with van der Waals surface area (Å²) in [6.07, 6.45) is 3.31. The Morgan fingerprint density at radius 3 is 2.64 bits per heavy atom. The van der Waals surface area contributed by atoms with E-state index in [1.54, 1.807) is 39.8 Å². The summed E-state index contributed by atoms with van der Waals surface area (Å²) in [5.74, 6) is 0.00174. The highest BCUT2D eigenvalue weighted by atomic mass is 19.1. The molecule has 0 spiro atoms. The molecule has 1 atom stereocenters. The first-order valence-corrected chi connectivity index (χ1v) is 12.6. The smallest absolute Gasteiger partial charge is 0.410 e. The van der Waals surface area contributed by atoms with Crippen molar-refractivity contribution in [1.29, 1.82) is 5.53 Å². The van der Waals surface area contributed by atoms with Gasteiger partial charge in [0.25, 0.3) is 0 Å². The van der Waals surface area contributed by atoms with Crippen LogP contribution in [0.15, 0.2) is 41.8 Å². The topological polar surface area (TPSA) is 157 Å². The minimum absolute atomic E-state index is 0.258. The SMILES string of the molecule is CCCNc1nc(Nc2cccc(F)c2)ncc1/C(=C/NCCNC(=O)[C@H](C)N(C)C(=O)OC(C)(C)C)N=N.